The lowest BCUT2D eigenvalue weighted by molar-refractivity contribution is -0.135. The van der Waals surface area contributed by atoms with Gasteiger partial charge >= 0.3 is 0 Å². The summed E-state index contributed by atoms with van der Waals surface area (Å²) in [5, 5.41) is 0. The molecule has 0 spiro atoms. The molecule has 0 saturated carbocycles. The fourth-order valence-corrected chi connectivity index (χ4v) is 2.88. The first-order chi connectivity index (χ1) is 7.29. The van der Waals surface area contributed by atoms with Gasteiger partial charge in [0.05, 0.1) is 0 Å². The summed E-state index contributed by atoms with van der Waals surface area (Å²) in [5.41, 5.74) is 0. The molecule has 1 fully saturated rings. The Hall–Kier alpha value is -0.550. The van der Waals surface area contributed by atoms with Crippen molar-refractivity contribution >= 4 is 21.5 Å². The molecule has 0 radical (unpaired) electrons. The molecule has 1 rings (SSSR count). The monoisotopic (exact) mass is 246 g/mol. The number of carbonyl (C=O) groups excluding carboxylic acids is 1. The molecule has 0 aromatic heterocycles. The molecule has 0 aliphatic carbocycles. The Labute approximate surface area is 98.5 Å². The molecule has 1 amide bonds. The van der Waals surface area contributed by atoms with E-state index >= 15 is 0 Å². The number of nitrogens with one attached hydrogen (secondary N) is 1. The van der Waals surface area contributed by atoms with Gasteiger partial charge in [0.1, 0.15) is 0 Å². The van der Waals surface area contributed by atoms with Gasteiger partial charge in [0, 0.05) is 41.0 Å². The Balaban J connectivity index is 2.43. The molecular weight excluding hydrogens is 224 g/mol. The van der Waals surface area contributed by atoms with Gasteiger partial charge in [-0.05, 0) is 18.7 Å². The SMILES string of the molecule is C=S(C)(=O)NC1CCN(C(=O)C(C)C)CC1. The minimum Gasteiger partial charge on any atom is -0.342 e. The average molecular weight is 246 g/mol. The summed E-state index contributed by atoms with van der Waals surface area (Å²) in [6.07, 6.45) is 3.33. The summed E-state index contributed by atoms with van der Waals surface area (Å²) in [5.74, 6) is 3.86. The highest BCUT2D eigenvalue weighted by Gasteiger charge is 2.24. The number of likely N-dealkylation sites (tertiary alicyclic amines) is 1. The summed E-state index contributed by atoms with van der Waals surface area (Å²) < 4.78 is 14.5. The van der Waals surface area contributed by atoms with Gasteiger partial charge in [-0.2, -0.15) is 0 Å². The van der Waals surface area contributed by atoms with Crippen molar-refractivity contribution in [3.63, 3.8) is 0 Å². The number of rotatable bonds is 3. The topological polar surface area (TPSA) is 49.4 Å². The van der Waals surface area contributed by atoms with Crippen molar-refractivity contribution in [2.45, 2.75) is 32.7 Å². The van der Waals surface area contributed by atoms with Gasteiger partial charge in [-0.15, -0.1) is 0 Å². The number of piperidine rings is 1. The van der Waals surface area contributed by atoms with Crippen LogP contribution < -0.4 is 4.72 Å². The fraction of sp³-hybridized carbons (Fsp3) is 0.818. The van der Waals surface area contributed by atoms with Crippen molar-refractivity contribution in [2.75, 3.05) is 19.3 Å². The van der Waals surface area contributed by atoms with E-state index < -0.39 is 9.71 Å². The second-order valence-electron chi connectivity index (χ2n) is 4.88. The van der Waals surface area contributed by atoms with Crippen LogP contribution in [0.2, 0.25) is 0 Å². The maximum atomic E-state index is 11.7. The van der Waals surface area contributed by atoms with Crippen LogP contribution in [0, 0.1) is 5.92 Å². The molecule has 0 aromatic rings. The molecule has 0 bridgehead atoms. The highest BCUT2D eigenvalue weighted by Crippen LogP contribution is 2.13. The lowest BCUT2D eigenvalue weighted by atomic mass is 10.0. The van der Waals surface area contributed by atoms with Crippen molar-refractivity contribution in [1.82, 2.24) is 9.62 Å². The Morgan fingerprint density at radius 1 is 1.44 bits per heavy atom. The van der Waals surface area contributed by atoms with Crippen LogP contribution in [0.15, 0.2) is 0 Å². The van der Waals surface area contributed by atoms with Crippen LogP contribution in [0.4, 0.5) is 0 Å². The van der Waals surface area contributed by atoms with Crippen LogP contribution in [0.5, 0.6) is 0 Å². The van der Waals surface area contributed by atoms with Gasteiger partial charge in [0.2, 0.25) is 5.91 Å². The van der Waals surface area contributed by atoms with E-state index in [9.17, 15) is 9.00 Å². The minimum atomic E-state index is -2.13. The van der Waals surface area contributed by atoms with Gasteiger partial charge in [-0.25, -0.2) is 4.72 Å². The zero-order chi connectivity index (χ0) is 12.3. The summed E-state index contributed by atoms with van der Waals surface area (Å²) in [6, 6.07) is 0.228. The molecule has 94 valence electrons. The minimum absolute atomic E-state index is 0.0627. The summed E-state index contributed by atoms with van der Waals surface area (Å²) in [6.45, 7) is 5.34. The summed E-state index contributed by atoms with van der Waals surface area (Å²) in [7, 11) is -2.13. The lowest BCUT2D eigenvalue weighted by Gasteiger charge is -2.33. The van der Waals surface area contributed by atoms with E-state index in [2.05, 4.69) is 10.6 Å². The maximum Gasteiger partial charge on any atom is 0.225 e. The van der Waals surface area contributed by atoms with Gasteiger partial charge in [0.15, 0.2) is 0 Å². The van der Waals surface area contributed by atoms with Crippen LogP contribution in [-0.4, -0.2) is 46.3 Å². The molecule has 1 atom stereocenters. The van der Waals surface area contributed by atoms with Crippen molar-refractivity contribution in [3.05, 3.63) is 0 Å². The van der Waals surface area contributed by atoms with Crippen LogP contribution >= 0.6 is 0 Å². The van der Waals surface area contributed by atoms with Crippen LogP contribution in [0.3, 0.4) is 0 Å². The molecule has 1 aliphatic rings. The van der Waals surface area contributed by atoms with E-state index in [1.807, 2.05) is 18.7 Å². The molecule has 1 saturated heterocycles. The standard InChI is InChI=1S/C11H22N2O2S/c1-9(2)11(14)13-7-5-10(6-8-13)12-16(3,4)15/h9-10H,3,5-8H2,1-2,4H3,(H,12,15). The van der Waals surface area contributed by atoms with Crippen LogP contribution in [0.1, 0.15) is 26.7 Å². The molecule has 1 N–H and O–H groups in total. The fourth-order valence-electron chi connectivity index (χ4n) is 1.94. The first kappa shape index (κ1) is 13.5. The number of hydrogen-bond donors (Lipinski definition) is 1. The first-order valence-electron chi connectivity index (χ1n) is 5.68. The maximum absolute atomic E-state index is 11.7. The van der Waals surface area contributed by atoms with Crippen LogP contribution in [0.25, 0.3) is 0 Å². The molecule has 4 nitrogen and oxygen atoms in total. The van der Waals surface area contributed by atoms with Gasteiger partial charge in [-0.1, -0.05) is 13.8 Å². The van der Waals surface area contributed by atoms with E-state index in [1.54, 1.807) is 6.26 Å². The third kappa shape index (κ3) is 4.14. The van der Waals surface area contributed by atoms with Crippen molar-refractivity contribution in [2.24, 2.45) is 5.92 Å². The second kappa shape index (κ2) is 5.19. The van der Waals surface area contributed by atoms with Crippen molar-refractivity contribution < 1.29 is 9.00 Å². The molecule has 1 unspecified atom stereocenters. The van der Waals surface area contributed by atoms with Gasteiger partial charge in [-0.3, -0.25) is 9.00 Å². The Bertz CT molecular complexity index is 341. The van der Waals surface area contributed by atoms with Gasteiger partial charge in [0.25, 0.3) is 0 Å². The zero-order valence-corrected chi connectivity index (χ0v) is 11.2. The highest BCUT2D eigenvalue weighted by atomic mass is 32.2. The second-order valence-corrected chi connectivity index (χ2v) is 7.12. The van der Waals surface area contributed by atoms with E-state index in [0.29, 0.717) is 0 Å². The Morgan fingerprint density at radius 3 is 2.31 bits per heavy atom. The van der Waals surface area contributed by atoms with E-state index in [-0.39, 0.29) is 17.9 Å². The first-order valence-corrected chi connectivity index (χ1v) is 7.81. The van der Waals surface area contributed by atoms with Crippen molar-refractivity contribution in [1.29, 1.82) is 0 Å². The molecule has 16 heavy (non-hydrogen) atoms. The summed E-state index contributed by atoms with van der Waals surface area (Å²) >= 11 is 0. The number of carbonyl (C=O) groups is 1. The highest BCUT2D eigenvalue weighted by molar-refractivity contribution is 7.97. The van der Waals surface area contributed by atoms with E-state index in [0.717, 1.165) is 25.9 Å². The predicted octanol–water partition coefficient (Wildman–Crippen LogP) is 0.484. The van der Waals surface area contributed by atoms with Crippen LogP contribution in [-0.2, 0) is 14.5 Å². The third-order valence-electron chi connectivity index (χ3n) is 2.72. The number of hydrogen-bond acceptors (Lipinski definition) is 2. The quantitative estimate of drug-likeness (QED) is 0.737. The Kier molecular flexibility index (Phi) is 4.38. The van der Waals surface area contributed by atoms with E-state index in [1.165, 1.54) is 0 Å². The smallest absolute Gasteiger partial charge is 0.225 e. The molecule has 1 heterocycles. The average Bonchev–Trinajstić information content (AvgIpc) is 2.15. The predicted molar refractivity (Wildman–Crippen MR) is 68.8 cm³/mol. The zero-order valence-electron chi connectivity index (χ0n) is 10.4. The normalized spacial score (nSPS) is 22.1. The molecule has 5 heteroatoms. The third-order valence-corrected chi connectivity index (χ3v) is 3.55. The largest absolute Gasteiger partial charge is 0.342 e. The van der Waals surface area contributed by atoms with Crippen molar-refractivity contribution in [3.8, 4) is 0 Å². The molecule has 1 aliphatic heterocycles. The van der Waals surface area contributed by atoms with E-state index in [4.69, 9.17) is 0 Å². The number of nitrogens with zero attached hydrogens (tertiary/aromatic N) is 1. The molecular formula is C11H22N2O2S. The Morgan fingerprint density at radius 2 is 1.94 bits per heavy atom. The lowest BCUT2D eigenvalue weighted by Crippen LogP contribution is -2.47. The molecule has 0 aromatic carbocycles. The van der Waals surface area contributed by atoms with Gasteiger partial charge < -0.3 is 4.90 Å². The summed E-state index contributed by atoms with van der Waals surface area (Å²) in [4.78, 5) is 13.6. The number of amides is 1.